The Hall–Kier alpha value is -1.55. The van der Waals surface area contributed by atoms with Crippen LogP contribution in [0.25, 0.3) is 0 Å². The first kappa shape index (κ1) is 17.5. The predicted molar refractivity (Wildman–Crippen MR) is 91.7 cm³/mol. The first-order valence-electron chi connectivity index (χ1n) is 8.08. The molecule has 0 fully saturated rings. The molecule has 0 saturated heterocycles. The van der Waals surface area contributed by atoms with Crippen molar-refractivity contribution in [1.82, 2.24) is 15.5 Å². The van der Waals surface area contributed by atoms with E-state index in [1.54, 1.807) is 0 Å². The minimum Gasteiger partial charge on any atom is -0.357 e. The normalized spacial score (nSPS) is 11.7. The Morgan fingerprint density at radius 3 is 2.38 bits per heavy atom. The van der Waals surface area contributed by atoms with Crippen LogP contribution >= 0.6 is 0 Å². The van der Waals surface area contributed by atoms with Crippen LogP contribution in [0.2, 0.25) is 0 Å². The molecule has 1 aromatic carbocycles. The van der Waals surface area contributed by atoms with E-state index >= 15 is 0 Å². The molecule has 1 rings (SSSR count). The zero-order chi connectivity index (χ0) is 15.3. The molecule has 118 valence electrons. The number of hydrogen-bond acceptors (Lipinski definition) is 2. The van der Waals surface area contributed by atoms with Crippen molar-refractivity contribution in [2.24, 2.45) is 4.99 Å². The molecule has 1 aromatic rings. The quantitative estimate of drug-likeness (QED) is 0.417. The molecule has 4 nitrogen and oxygen atoms in total. The minimum absolute atomic E-state index is 0.715. The summed E-state index contributed by atoms with van der Waals surface area (Å²) in [6.07, 6.45) is 1.14. The molecule has 0 aliphatic heterocycles. The third-order valence-electron chi connectivity index (χ3n) is 3.44. The highest BCUT2D eigenvalue weighted by atomic mass is 15.2. The lowest BCUT2D eigenvalue weighted by atomic mass is 10.2. The Morgan fingerprint density at radius 2 is 1.76 bits per heavy atom. The van der Waals surface area contributed by atoms with Crippen LogP contribution in [0.15, 0.2) is 35.3 Å². The van der Waals surface area contributed by atoms with E-state index in [1.807, 2.05) is 6.07 Å². The molecule has 0 aliphatic carbocycles. The molecular formula is C17H30N4. The molecule has 0 bridgehead atoms. The fourth-order valence-corrected chi connectivity index (χ4v) is 2.14. The maximum atomic E-state index is 4.62. The van der Waals surface area contributed by atoms with Gasteiger partial charge in [-0.15, -0.1) is 0 Å². The highest BCUT2D eigenvalue weighted by Crippen LogP contribution is 1.99. The molecule has 0 saturated carbocycles. The van der Waals surface area contributed by atoms with Crippen molar-refractivity contribution >= 4 is 5.96 Å². The van der Waals surface area contributed by atoms with E-state index in [0.717, 1.165) is 45.1 Å². The minimum atomic E-state index is 0.715. The van der Waals surface area contributed by atoms with Gasteiger partial charge in [-0.3, -0.25) is 0 Å². The Bertz CT molecular complexity index is 385. The molecule has 21 heavy (non-hydrogen) atoms. The van der Waals surface area contributed by atoms with Crippen molar-refractivity contribution in [1.29, 1.82) is 0 Å². The third-order valence-corrected chi connectivity index (χ3v) is 3.44. The van der Waals surface area contributed by atoms with Crippen LogP contribution in [0.3, 0.4) is 0 Å². The largest absolute Gasteiger partial charge is 0.357 e. The lowest BCUT2D eigenvalue weighted by molar-refractivity contribution is 0.300. The van der Waals surface area contributed by atoms with Gasteiger partial charge in [0.1, 0.15) is 0 Å². The molecule has 0 spiro atoms. The summed E-state index contributed by atoms with van der Waals surface area (Å²) in [5.41, 5.74) is 1.23. The summed E-state index contributed by atoms with van der Waals surface area (Å²) in [7, 11) is 0. The van der Waals surface area contributed by atoms with Crippen molar-refractivity contribution in [2.75, 3.05) is 32.7 Å². The van der Waals surface area contributed by atoms with E-state index in [-0.39, 0.29) is 0 Å². The van der Waals surface area contributed by atoms with E-state index in [2.05, 4.69) is 65.6 Å². The molecular weight excluding hydrogens is 260 g/mol. The zero-order valence-corrected chi connectivity index (χ0v) is 13.7. The number of aliphatic imine (C=N–C) groups is 1. The Labute approximate surface area is 129 Å². The van der Waals surface area contributed by atoms with Gasteiger partial charge in [0.2, 0.25) is 0 Å². The van der Waals surface area contributed by atoms with Crippen LogP contribution in [0, 0.1) is 0 Å². The van der Waals surface area contributed by atoms with Crippen LogP contribution in [0.1, 0.15) is 32.8 Å². The molecule has 0 heterocycles. The predicted octanol–water partition coefficient (Wildman–Crippen LogP) is 2.47. The van der Waals surface area contributed by atoms with Crippen molar-refractivity contribution in [2.45, 2.75) is 33.7 Å². The highest BCUT2D eigenvalue weighted by molar-refractivity contribution is 5.79. The van der Waals surface area contributed by atoms with Gasteiger partial charge < -0.3 is 15.5 Å². The molecule has 2 N–H and O–H groups in total. The molecule has 0 radical (unpaired) electrons. The van der Waals surface area contributed by atoms with Gasteiger partial charge in [0, 0.05) is 13.1 Å². The van der Waals surface area contributed by atoms with Crippen LogP contribution in [-0.2, 0) is 6.54 Å². The number of guanidine groups is 1. The number of benzene rings is 1. The van der Waals surface area contributed by atoms with Crippen LogP contribution in [0.5, 0.6) is 0 Å². The van der Waals surface area contributed by atoms with Gasteiger partial charge in [0.25, 0.3) is 0 Å². The number of hydrogen-bond donors (Lipinski definition) is 2. The van der Waals surface area contributed by atoms with Crippen molar-refractivity contribution in [3.63, 3.8) is 0 Å². The summed E-state index contributed by atoms with van der Waals surface area (Å²) in [4.78, 5) is 7.06. The molecule has 0 aromatic heterocycles. The number of nitrogens with zero attached hydrogens (tertiary/aromatic N) is 2. The van der Waals surface area contributed by atoms with Crippen LogP contribution in [-0.4, -0.2) is 43.6 Å². The molecule has 0 aliphatic rings. The Morgan fingerprint density at radius 1 is 1.05 bits per heavy atom. The summed E-state index contributed by atoms with van der Waals surface area (Å²) in [6, 6.07) is 10.3. The second kappa shape index (κ2) is 11.1. The molecule has 0 amide bonds. The summed E-state index contributed by atoms with van der Waals surface area (Å²) < 4.78 is 0. The van der Waals surface area contributed by atoms with E-state index in [9.17, 15) is 0 Å². The third kappa shape index (κ3) is 7.71. The number of nitrogens with one attached hydrogen (secondary N) is 2. The monoisotopic (exact) mass is 290 g/mol. The summed E-state index contributed by atoms with van der Waals surface area (Å²) >= 11 is 0. The van der Waals surface area contributed by atoms with Gasteiger partial charge in [0.15, 0.2) is 5.96 Å². The molecule has 0 atom stereocenters. The van der Waals surface area contributed by atoms with Crippen molar-refractivity contribution < 1.29 is 0 Å². The van der Waals surface area contributed by atoms with E-state index in [4.69, 9.17) is 0 Å². The first-order valence-corrected chi connectivity index (χ1v) is 8.08. The van der Waals surface area contributed by atoms with Gasteiger partial charge in [-0.25, -0.2) is 4.99 Å². The van der Waals surface area contributed by atoms with Crippen LogP contribution in [0.4, 0.5) is 0 Å². The van der Waals surface area contributed by atoms with Gasteiger partial charge in [-0.05, 0) is 38.5 Å². The van der Waals surface area contributed by atoms with E-state index in [1.165, 1.54) is 5.56 Å². The number of rotatable bonds is 9. The van der Waals surface area contributed by atoms with Gasteiger partial charge >= 0.3 is 0 Å². The summed E-state index contributed by atoms with van der Waals surface area (Å²) in [5, 5.41) is 6.70. The van der Waals surface area contributed by atoms with Gasteiger partial charge in [0.05, 0.1) is 6.54 Å². The summed E-state index contributed by atoms with van der Waals surface area (Å²) in [6.45, 7) is 12.5. The Balaban J connectivity index is 2.35. The maximum absolute atomic E-state index is 4.62. The van der Waals surface area contributed by atoms with Crippen molar-refractivity contribution in [3.8, 4) is 0 Å². The van der Waals surface area contributed by atoms with Gasteiger partial charge in [-0.1, -0.05) is 44.2 Å². The first-order chi connectivity index (χ1) is 10.3. The molecule has 4 heteroatoms. The smallest absolute Gasteiger partial charge is 0.191 e. The van der Waals surface area contributed by atoms with Crippen LogP contribution < -0.4 is 10.6 Å². The van der Waals surface area contributed by atoms with E-state index < -0.39 is 0 Å². The lowest BCUT2D eigenvalue weighted by Gasteiger charge is -2.18. The Kier molecular flexibility index (Phi) is 9.29. The average Bonchev–Trinajstić information content (AvgIpc) is 2.53. The summed E-state index contributed by atoms with van der Waals surface area (Å²) in [5.74, 6) is 0.904. The van der Waals surface area contributed by atoms with E-state index in [0.29, 0.717) is 6.54 Å². The standard InChI is InChI=1S/C17H30N4/c1-4-18-17(19-13-10-14-21(5-2)6-3)20-15-16-11-8-7-9-12-16/h7-9,11-12H,4-6,10,13-15H2,1-3H3,(H2,18,19,20). The fourth-order valence-electron chi connectivity index (χ4n) is 2.14. The van der Waals surface area contributed by atoms with Gasteiger partial charge in [-0.2, -0.15) is 0 Å². The van der Waals surface area contributed by atoms with Crippen molar-refractivity contribution in [3.05, 3.63) is 35.9 Å². The molecule has 0 unspecified atom stereocenters. The second-order valence-electron chi connectivity index (χ2n) is 4.99. The highest BCUT2D eigenvalue weighted by Gasteiger charge is 2.00. The average molecular weight is 290 g/mol. The zero-order valence-electron chi connectivity index (χ0n) is 13.7. The second-order valence-corrected chi connectivity index (χ2v) is 4.99. The maximum Gasteiger partial charge on any atom is 0.191 e. The lowest BCUT2D eigenvalue weighted by Crippen LogP contribution is -2.38. The SMILES string of the molecule is CCNC(=NCc1ccccc1)NCCCN(CC)CC. The fraction of sp³-hybridized carbons (Fsp3) is 0.588. The topological polar surface area (TPSA) is 39.7 Å².